The molecule has 2 heterocycles. The number of anilines is 3. The monoisotopic (exact) mass is 471 g/mol. The second-order valence-electron chi connectivity index (χ2n) is 7.65. The first-order valence-corrected chi connectivity index (χ1v) is 11.1. The predicted octanol–water partition coefficient (Wildman–Crippen LogP) is 5.05. The number of hydrogen-bond donors (Lipinski definition) is 2. The molecule has 0 aliphatic carbocycles. The lowest BCUT2D eigenvalue weighted by molar-refractivity contribution is -0.121. The number of nitrogens with one attached hydrogen (secondary N) is 2. The molecule has 1 aromatic heterocycles. The summed E-state index contributed by atoms with van der Waals surface area (Å²) in [5.41, 5.74) is 3.52. The Morgan fingerprint density at radius 1 is 1.19 bits per heavy atom. The number of hydrogen-bond acceptors (Lipinski definition) is 4. The van der Waals surface area contributed by atoms with E-state index in [1.54, 1.807) is 46.1 Å². The van der Waals surface area contributed by atoms with Crippen molar-refractivity contribution in [3.8, 4) is 0 Å². The molecule has 2 N–H and O–H groups in total. The normalized spacial score (nSPS) is 12.4. The van der Waals surface area contributed by atoms with Crippen LogP contribution in [0.2, 0.25) is 10.0 Å². The molecule has 0 atom stereocenters. The third-order valence-corrected chi connectivity index (χ3v) is 5.93. The van der Waals surface area contributed by atoms with Crippen molar-refractivity contribution in [3.05, 3.63) is 69.3 Å². The first-order chi connectivity index (χ1) is 15.4. The SMILES string of the molecule is CCCC(=O)NCc1ccc(C(=O)N2Cc3cnn(C)c3Nc3cc(Cl)ccc32)cc1Cl. The second-order valence-corrected chi connectivity index (χ2v) is 8.50. The van der Waals surface area contributed by atoms with Gasteiger partial charge in [0.2, 0.25) is 5.91 Å². The summed E-state index contributed by atoms with van der Waals surface area (Å²) in [6.07, 6.45) is 2.99. The summed E-state index contributed by atoms with van der Waals surface area (Å²) in [5, 5.41) is 11.5. The van der Waals surface area contributed by atoms with Crippen LogP contribution in [-0.4, -0.2) is 21.6 Å². The van der Waals surface area contributed by atoms with Gasteiger partial charge < -0.3 is 15.5 Å². The minimum absolute atomic E-state index is 0.0247. The Balaban J connectivity index is 1.64. The number of nitrogens with zero attached hydrogens (tertiary/aromatic N) is 3. The number of fused-ring (bicyclic) bond motifs is 2. The van der Waals surface area contributed by atoms with Crippen molar-refractivity contribution in [2.75, 3.05) is 10.2 Å². The molecule has 0 spiro atoms. The Hall–Kier alpha value is -3.03. The zero-order valence-corrected chi connectivity index (χ0v) is 19.3. The van der Waals surface area contributed by atoms with Crippen LogP contribution in [0, 0.1) is 0 Å². The summed E-state index contributed by atoms with van der Waals surface area (Å²) >= 11 is 12.7. The van der Waals surface area contributed by atoms with Crippen LogP contribution in [-0.2, 0) is 24.9 Å². The number of rotatable bonds is 5. The quantitative estimate of drug-likeness (QED) is 0.545. The molecular formula is C23H23Cl2N5O2. The summed E-state index contributed by atoms with van der Waals surface area (Å²) < 4.78 is 1.73. The summed E-state index contributed by atoms with van der Waals surface area (Å²) in [5.74, 6) is 0.582. The molecule has 0 unspecified atom stereocenters. The van der Waals surface area contributed by atoms with Crippen LogP contribution in [0.25, 0.3) is 0 Å². The number of carbonyl (C=O) groups excluding carboxylic acids is 2. The number of amides is 2. The van der Waals surface area contributed by atoms with Crippen molar-refractivity contribution in [1.82, 2.24) is 15.1 Å². The van der Waals surface area contributed by atoms with Crippen molar-refractivity contribution in [3.63, 3.8) is 0 Å². The molecule has 7 nitrogen and oxygen atoms in total. The molecule has 166 valence electrons. The molecule has 2 aromatic carbocycles. The van der Waals surface area contributed by atoms with E-state index in [-0.39, 0.29) is 11.8 Å². The van der Waals surface area contributed by atoms with Crippen LogP contribution in [0.3, 0.4) is 0 Å². The Morgan fingerprint density at radius 2 is 2.00 bits per heavy atom. The highest BCUT2D eigenvalue weighted by atomic mass is 35.5. The summed E-state index contributed by atoms with van der Waals surface area (Å²) in [4.78, 5) is 27.0. The molecule has 1 aliphatic rings. The van der Waals surface area contributed by atoms with E-state index in [0.29, 0.717) is 40.8 Å². The Labute approximate surface area is 196 Å². The van der Waals surface area contributed by atoms with Gasteiger partial charge >= 0.3 is 0 Å². The molecule has 2 amide bonds. The Bertz CT molecular complexity index is 1190. The number of aryl methyl sites for hydroxylation is 1. The average molecular weight is 472 g/mol. The lowest BCUT2D eigenvalue weighted by atomic mass is 10.1. The third kappa shape index (κ3) is 4.45. The summed E-state index contributed by atoms with van der Waals surface area (Å²) in [6.45, 7) is 2.61. The lowest BCUT2D eigenvalue weighted by Crippen LogP contribution is -2.30. The highest BCUT2D eigenvalue weighted by molar-refractivity contribution is 6.32. The molecule has 0 saturated heterocycles. The van der Waals surface area contributed by atoms with Gasteiger partial charge in [-0.15, -0.1) is 0 Å². The van der Waals surface area contributed by atoms with E-state index in [2.05, 4.69) is 15.7 Å². The van der Waals surface area contributed by atoms with E-state index in [0.717, 1.165) is 29.1 Å². The van der Waals surface area contributed by atoms with Crippen LogP contribution in [0.4, 0.5) is 17.2 Å². The van der Waals surface area contributed by atoms with Gasteiger partial charge in [0.1, 0.15) is 5.82 Å². The van der Waals surface area contributed by atoms with Crippen LogP contribution in [0.1, 0.15) is 41.3 Å². The zero-order chi connectivity index (χ0) is 22.8. The van der Waals surface area contributed by atoms with Gasteiger partial charge in [0.25, 0.3) is 5.91 Å². The van der Waals surface area contributed by atoms with Crippen molar-refractivity contribution >= 4 is 52.2 Å². The van der Waals surface area contributed by atoms with Crippen molar-refractivity contribution in [2.45, 2.75) is 32.9 Å². The maximum Gasteiger partial charge on any atom is 0.258 e. The highest BCUT2D eigenvalue weighted by Gasteiger charge is 2.27. The van der Waals surface area contributed by atoms with Gasteiger partial charge in [0.15, 0.2) is 0 Å². The lowest BCUT2D eigenvalue weighted by Gasteiger charge is -2.23. The molecule has 1 aliphatic heterocycles. The third-order valence-electron chi connectivity index (χ3n) is 5.34. The van der Waals surface area contributed by atoms with Crippen molar-refractivity contribution in [2.24, 2.45) is 7.05 Å². The molecule has 0 saturated carbocycles. The number of aromatic nitrogens is 2. The largest absolute Gasteiger partial charge is 0.352 e. The molecule has 32 heavy (non-hydrogen) atoms. The summed E-state index contributed by atoms with van der Waals surface area (Å²) in [6, 6.07) is 10.5. The minimum atomic E-state index is -0.199. The fraction of sp³-hybridized carbons (Fsp3) is 0.261. The molecule has 4 rings (SSSR count). The van der Waals surface area contributed by atoms with Gasteiger partial charge in [-0.05, 0) is 42.3 Å². The molecule has 9 heteroatoms. The Kier molecular flexibility index (Phi) is 6.39. The van der Waals surface area contributed by atoms with Gasteiger partial charge in [-0.3, -0.25) is 14.3 Å². The van der Waals surface area contributed by atoms with Crippen LogP contribution >= 0.6 is 23.2 Å². The molecule has 0 radical (unpaired) electrons. The summed E-state index contributed by atoms with van der Waals surface area (Å²) in [7, 11) is 1.84. The van der Waals surface area contributed by atoms with E-state index in [9.17, 15) is 9.59 Å². The second kappa shape index (κ2) is 9.22. The van der Waals surface area contributed by atoms with Crippen LogP contribution in [0.5, 0.6) is 0 Å². The minimum Gasteiger partial charge on any atom is -0.352 e. The number of benzene rings is 2. The van der Waals surface area contributed by atoms with E-state index < -0.39 is 0 Å². The topological polar surface area (TPSA) is 79.3 Å². The van der Waals surface area contributed by atoms with Gasteiger partial charge in [0, 0.05) is 41.2 Å². The predicted molar refractivity (Wildman–Crippen MR) is 127 cm³/mol. The number of carbonyl (C=O) groups is 2. The Morgan fingerprint density at radius 3 is 2.75 bits per heavy atom. The molecule has 0 bridgehead atoms. The highest BCUT2D eigenvalue weighted by Crippen LogP contribution is 2.38. The standard InChI is InChI=1S/C23H23Cl2N5O2/c1-3-4-21(31)26-11-15-6-5-14(9-18(15)25)23(32)30-13-16-12-27-29(2)22(16)28-19-10-17(24)7-8-20(19)30/h5-10,12,28H,3-4,11,13H2,1-2H3,(H,26,31). The fourth-order valence-corrected chi connectivity index (χ4v) is 4.08. The van der Waals surface area contributed by atoms with Gasteiger partial charge in [0.05, 0.1) is 24.1 Å². The zero-order valence-electron chi connectivity index (χ0n) is 17.8. The maximum atomic E-state index is 13.5. The first kappa shape index (κ1) is 22.2. The molecule has 3 aromatic rings. The number of halogens is 2. The molecular weight excluding hydrogens is 449 g/mol. The van der Waals surface area contributed by atoms with Crippen LogP contribution < -0.4 is 15.5 Å². The average Bonchev–Trinajstić information content (AvgIpc) is 3.01. The smallest absolute Gasteiger partial charge is 0.258 e. The van der Waals surface area contributed by atoms with Crippen LogP contribution in [0.15, 0.2) is 42.6 Å². The van der Waals surface area contributed by atoms with E-state index in [4.69, 9.17) is 23.2 Å². The first-order valence-electron chi connectivity index (χ1n) is 10.3. The van der Waals surface area contributed by atoms with Gasteiger partial charge in [-0.1, -0.05) is 36.2 Å². The van der Waals surface area contributed by atoms with Gasteiger partial charge in [-0.25, -0.2) is 0 Å². The van der Waals surface area contributed by atoms with E-state index in [1.807, 2.05) is 20.0 Å². The van der Waals surface area contributed by atoms with Gasteiger partial charge in [-0.2, -0.15) is 5.10 Å². The van der Waals surface area contributed by atoms with E-state index in [1.165, 1.54) is 0 Å². The van der Waals surface area contributed by atoms with E-state index >= 15 is 0 Å². The van der Waals surface area contributed by atoms with Crippen molar-refractivity contribution < 1.29 is 9.59 Å². The maximum absolute atomic E-state index is 13.5. The molecule has 0 fully saturated rings. The van der Waals surface area contributed by atoms with Crippen molar-refractivity contribution in [1.29, 1.82) is 0 Å². The fourth-order valence-electron chi connectivity index (χ4n) is 3.66.